The molecular formula is C23H27N3O3S. The largest absolute Gasteiger partial charge is 0.359 e. The Morgan fingerprint density at radius 2 is 1.90 bits per heavy atom. The molecule has 0 aliphatic carbocycles. The van der Waals surface area contributed by atoms with Gasteiger partial charge in [0.25, 0.3) is 0 Å². The summed E-state index contributed by atoms with van der Waals surface area (Å²) in [6, 6.07) is 18.9. The number of nitrogens with one attached hydrogen (secondary N) is 1. The standard InChI is InChI=1S/C23H27N3O3S/c1-18-9-11-22(12-10-18)30(27,28)24-15-19-6-5-13-26(16-19)17-21-14-23(25-29-21)20-7-3-2-4-8-20/h2-4,7-12,14,19,24H,5-6,13,15-17H2,1H3. The first kappa shape index (κ1) is 20.8. The Morgan fingerprint density at radius 1 is 1.13 bits per heavy atom. The van der Waals surface area contributed by atoms with Crippen molar-refractivity contribution < 1.29 is 12.9 Å². The van der Waals surface area contributed by atoms with Crippen LogP contribution in [-0.2, 0) is 16.6 Å². The number of aryl methyl sites for hydroxylation is 1. The van der Waals surface area contributed by atoms with Crippen molar-refractivity contribution in [2.45, 2.75) is 31.2 Å². The molecule has 1 aromatic heterocycles. The molecule has 0 spiro atoms. The molecular weight excluding hydrogens is 398 g/mol. The summed E-state index contributed by atoms with van der Waals surface area (Å²) >= 11 is 0. The molecule has 0 amide bonds. The van der Waals surface area contributed by atoms with E-state index in [0.717, 1.165) is 48.5 Å². The first-order valence-electron chi connectivity index (χ1n) is 10.3. The molecule has 1 saturated heterocycles. The van der Waals surface area contributed by atoms with Crippen molar-refractivity contribution in [1.29, 1.82) is 0 Å². The molecule has 2 aromatic carbocycles. The summed E-state index contributed by atoms with van der Waals surface area (Å²) in [5, 5.41) is 4.19. The molecule has 1 unspecified atom stereocenters. The van der Waals surface area contributed by atoms with Crippen LogP contribution in [0, 0.1) is 12.8 Å². The monoisotopic (exact) mass is 425 g/mol. The normalized spacial score (nSPS) is 17.8. The van der Waals surface area contributed by atoms with Gasteiger partial charge in [-0.3, -0.25) is 4.90 Å². The number of benzene rings is 2. The third kappa shape index (κ3) is 5.16. The van der Waals surface area contributed by atoms with Gasteiger partial charge in [0.05, 0.1) is 11.4 Å². The van der Waals surface area contributed by atoms with E-state index >= 15 is 0 Å². The van der Waals surface area contributed by atoms with Crippen molar-refractivity contribution in [1.82, 2.24) is 14.8 Å². The molecule has 7 heteroatoms. The molecule has 0 radical (unpaired) electrons. The Morgan fingerprint density at radius 3 is 2.67 bits per heavy atom. The highest BCUT2D eigenvalue weighted by Gasteiger charge is 2.23. The Labute approximate surface area is 177 Å². The first-order valence-corrected chi connectivity index (χ1v) is 11.8. The zero-order chi connectivity index (χ0) is 21.0. The second kappa shape index (κ2) is 9.12. The van der Waals surface area contributed by atoms with Crippen molar-refractivity contribution in [2.75, 3.05) is 19.6 Å². The molecule has 3 aromatic rings. The van der Waals surface area contributed by atoms with Gasteiger partial charge in [0.1, 0.15) is 5.69 Å². The van der Waals surface area contributed by atoms with Gasteiger partial charge in [-0.1, -0.05) is 53.2 Å². The number of hydrogen-bond acceptors (Lipinski definition) is 5. The maximum Gasteiger partial charge on any atom is 0.240 e. The number of hydrogen-bond donors (Lipinski definition) is 1. The maximum absolute atomic E-state index is 12.5. The van der Waals surface area contributed by atoms with Crippen molar-refractivity contribution in [3.8, 4) is 11.3 Å². The number of nitrogens with zero attached hydrogens (tertiary/aromatic N) is 2. The quantitative estimate of drug-likeness (QED) is 0.622. The van der Waals surface area contributed by atoms with Crippen LogP contribution in [0.3, 0.4) is 0 Å². The van der Waals surface area contributed by atoms with E-state index in [2.05, 4.69) is 14.8 Å². The lowest BCUT2D eigenvalue weighted by molar-refractivity contribution is 0.154. The Balaban J connectivity index is 1.32. The van der Waals surface area contributed by atoms with E-state index in [-0.39, 0.29) is 5.92 Å². The highest BCUT2D eigenvalue weighted by atomic mass is 32.2. The van der Waals surface area contributed by atoms with Crippen molar-refractivity contribution in [3.05, 3.63) is 72.0 Å². The topological polar surface area (TPSA) is 75.4 Å². The Hall–Kier alpha value is -2.48. The second-order valence-electron chi connectivity index (χ2n) is 7.95. The molecule has 1 aliphatic heterocycles. The van der Waals surface area contributed by atoms with E-state index in [1.807, 2.05) is 55.5 Å². The van der Waals surface area contributed by atoms with Crippen LogP contribution in [0.5, 0.6) is 0 Å². The lowest BCUT2D eigenvalue weighted by Gasteiger charge is -2.32. The van der Waals surface area contributed by atoms with Crippen LogP contribution in [0.25, 0.3) is 11.3 Å². The third-order valence-electron chi connectivity index (χ3n) is 5.50. The van der Waals surface area contributed by atoms with Crippen LogP contribution in [0.2, 0.25) is 0 Å². The van der Waals surface area contributed by atoms with Gasteiger partial charge in [0.15, 0.2) is 5.76 Å². The highest BCUT2D eigenvalue weighted by molar-refractivity contribution is 7.89. The summed E-state index contributed by atoms with van der Waals surface area (Å²) in [5.41, 5.74) is 2.92. The summed E-state index contributed by atoms with van der Waals surface area (Å²) in [5.74, 6) is 1.10. The van der Waals surface area contributed by atoms with E-state index in [4.69, 9.17) is 4.52 Å². The zero-order valence-corrected chi connectivity index (χ0v) is 17.9. The van der Waals surface area contributed by atoms with Gasteiger partial charge in [-0.25, -0.2) is 13.1 Å². The summed E-state index contributed by atoms with van der Waals surface area (Å²) < 4.78 is 33.4. The van der Waals surface area contributed by atoms with Crippen LogP contribution >= 0.6 is 0 Å². The minimum atomic E-state index is -3.48. The van der Waals surface area contributed by atoms with Gasteiger partial charge < -0.3 is 4.52 Å². The number of likely N-dealkylation sites (tertiary alicyclic amines) is 1. The minimum absolute atomic E-state index is 0.274. The molecule has 30 heavy (non-hydrogen) atoms. The van der Waals surface area contributed by atoms with E-state index in [1.165, 1.54) is 0 Å². The average molecular weight is 426 g/mol. The molecule has 6 nitrogen and oxygen atoms in total. The van der Waals surface area contributed by atoms with Gasteiger partial charge in [-0.2, -0.15) is 0 Å². The summed E-state index contributed by atoms with van der Waals surface area (Å²) in [4.78, 5) is 2.62. The van der Waals surface area contributed by atoms with Crippen LogP contribution in [0.4, 0.5) is 0 Å². The van der Waals surface area contributed by atoms with Gasteiger partial charge in [-0.15, -0.1) is 0 Å². The molecule has 1 N–H and O–H groups in total. The molecule has 0 saturated carbocycles. The summed E-state index contributed by atoms with van der Waals surface area (Å²) in [7, 11) is -3.48. The van der Waals surface area contributed by atoms with Crippen LogP contribution in [0.15, 0.2) is 70.1 Å². The first-order chi connectivity index (χ1) is 14.5. The number of sulfonamides is 1. The number of piperidine rings is 1. The third-order valence-corrected chi connectivity index (χ3v) is 6.94. The lowest BCUT2D eigenvalue weighted by atomic mass is 9.98. The summed E-state index contributed by atoms with van der Waals surface area (Å²) in [6.45, 7) is 4.87. The predicted octanol–water partition coefficient (Wildman–Crippen LogP) is 3.84. The van der Waals surface area contributed by atoms with Gasteiger partial charge >= 0.3 is 0 Å². The van der Waals surface area contributed by atoms with Crippen LogP contribution in [-0.4, -0.2) is 38.1 Å². The number of rotatable bonds is 7. The van der Waals surface area contributed by atoms with Crippen LogP contribution in [0.1, 0.15) is 24.2 Å². The SMILES string of the molecule is Cc1ccc(S(=O)(=O)NCC2CCCN(Cc3cc(-c4ccccc4)no3)C2)cc1. The Bertz CT molecular complexity index is 1060. The zero-order valence-electron chi connectivity index (χ0n) is 17.1. The molecule has 2 heterocycles. The van der Waals surface area contributed by atoms with Crippen molar-refractivity contribution in [3.63, 3.8) is 0 Å². The fraction of sp³-hybridized carbons (Fsp3) is 0.348. The highest BCUT2D eigenvalue weighted by Crippen LogP contribution is 2.22. The Kier molecular flexibility index (Phi) is 6.32. The predicted molar refractivity (Wildman–Crippen MR) is 116 cm³/mol. The summed E-state index contributed by atoms with van der Waals surface area (Å²) in [6.07, 6.45) is 2.05. The van der Waals surface area contributed by atoms with E-state index in [9.17, 15) is 8.42 Å². The molecule has 4 rings (SSSR count). The minimum Gasteiger partial charge on any atom is -0.359 e. The fourth-order valence-electron chi connectivity index (χ4n) is 3.84. The smallest absolute Gasteiger partial charge is 0.240 e. The molecule has 158 valence electrons. The van der Waals surface area contributed by atoms with Gasteiger partial charge in [0.2, 0.25) is 10.0 Å². The molecule has 1 atom stereocenters. The maximum atomic E-state index is 12.5. The molecule has 1 fully saturated rings. The number of aromatic nitrogens is 1. The van der Waals surface area contributed by atoms with Crippen LogP contribution < -0.4 is 4.72 Å². The van der Waals surface area contributed by atoms with Crippen molar-refractivity contribution >= 4 is 10.0 Å². The molecule has 0 bridgehead atoms. The van der Waals surface area contributed by atoms with Gasteiger partial charge in [-0.05, 0) is 44.4 Å². The van der Waals surface area contributed by atoms with E-state index < -0.39 is 10.0 Å². The van der Waals surface area contributed by atoms with E-state index in [1.54, 1.807) is 12.1 Å². The van der Waals surface area contributed by atoms with E-state index in [0.29, 0.717) is 18.0 Å². The molecule has 1 aliphatic rings. The fourth-order valence-corrected chi connectivity index (χ4v) is 4.96. The second-order valence-corrected chi connectivity index (χ2v) is 9.72. The van der Waals surface area contributed by atoms with Gasteiger partial charge in [0, 0.05) is 24.7 Å². The van der Waals surface area contributed by atoms with Crippen molar-refractivity contribution in [2.24, 2.45) is 5.92 Å². The average Bonchev–Trinajstić information content (AvgIpc) is 3.22. The lowest BCUT2D eigenvalue weighted by Crippen LogP contribution is -2.40.